The van der Waals surface area contributed by atoms with E-state index in [1.165, 1.54) is 12.8 Å². The topological polar surface area (TPSA) is 24.4 Å². The molecular formula is C25H51N2P. The zero-order chi connectivity index (χ0) is 22.4. The monoisotopic (exact) mass is 410 g/mol. The van der Waals surface area contributed by atoms with Gasteiger partial charge < -0.3 is 5.32 Å². The number of hydrogen-bond acceptors (Lipinski definition) is 1. The first-order chi connectivity index (χ1) is 12.2. The van der Waals surface area contributed by atoms with E-state index in [-0.39, 0.29) is 16.5 Å². The van der Waals surface area contributed by atoms with Gasteiger partial charge >= 0.3 is 0 Å². The summed E-state index contributed by atoms with van der Waals surface area (Å²) in [7, 11) is 2.82. The van der Waals surface area contributed by atoms with Crippen molar-refractivity contribution < 1.29 is 0 Å². The van der Waals surface area contributed by atoms with Crippen LogP contribution in [0.4, 0.5) is 0 Å². The van der Waals surface area contributed by atoms with Crippen LogP contribution < -0.4 is 5.32 Å². The van der Waals surface area contributed by atoms with Crippen molar-refractivity contribution in [2.45, 2.75) is 126 Å². The molecule has 0 amide bonds. The molecule has 0 heterocycles. The van der Waals surface area contributed by atoms with Crippen molar-refractivity contribution in [2.75, 3.05) is 0 Å². The summed E-state index contributed by atoms with van der Waals surface area (Å²) in [5, 5.41) is 3.68. The second-order valence-electron chi connectivity index (χ2n) is 13.0. The highest BCUT2D eigenvalue weighted by Crippen LogP contribution is 2.36. The maximum atomic E-state index is 4.98. The molecule has 0 aromatic rings. The van der Waals surface area contributed by atoms with Gasteiger partial charge in [-0.2, -0.15) is 0 Å². The van der Waals surface area contributed by atoms with Gasteiger partial charge in [-0.15, -0.1) is 0 Å². The lowest BCUT2D eigenvalue weighted by molar-refractivity contribution is 0.194. The lowest BCUT2D eigenvalue weighted by Gasteiger charge is -2.38. The molecule has 2 nitrogen and oxygen atoms in total. The number of allylic oxidation sites excluding steroid dienone is 2. The predicted molar refractivity (Wildman–Crippen MR) is 133 cm³/mol. The quantitative estimate of drug-likeness (QED) is 0.177. The average molecular weight is 411 g/mol. The first-order valence-corrected chi connectivity index (χ1v) is 11.6. The molecule has 1 unspecified atom stereocenters. The van der Waals surface area contributed by atoms with Gasteiger partial charge in [0.05, 0.1) is 5.54 Å². The van der Waals surface area contributed by atoms with Crippen molar-refractivity contribution >= 4 is 14.8 Å². The Hall–Kier alpha value is -0.360. The maximum absolute atomic E-state index is 4.98. The first kappa shape index (κ1) is 27.6. The molecule has 0 aromatic carbocycles. The minimum Gasteiger partial charge on any atom is -0.366 e. The van der Waals surface area contributed by atoms with E-state index in [4.69, 9.17) is 4.99 Å². The molecule has 0 radical (unpaired) electrons. The molecule has 0 aromatic heterocycles. The van der Waals surface area contributed by atoms with Crippen LogP contribution in [0.5, 0.6) is 0 Å². The van der Waals surface area contributed by atoms with Crippen LogP contribution in [0.25, 0.3) is 0 Å². The third-order valence-electron chi connectivity index (χ3n) is 4.90. The fraction of sp³-hybridized carbons (Fsp3) is 0.880. The Kier molecular flexibility index (Phi) is 9.97. The largest absolute Gasteiger partial charge is 0.366 e. The van der Waals surface area contributed by atoms with Crippen LogP contribution in [-0.4, -0.2) is 16.7 Å². The molecule has 0 fully saturated rings. The maximum Gasteiger partial charge on any atom is 0.114 e. The second kappa shape index (κ2) is 10.1. The molecule has 0 rings (SSSR count). The van der Waals surface area contributed by atoms with Crippen molar-refractivity contribution in [3.8, 4) is 0 Å². The van der Waals surface area contributed by atoms with Gasteiger partial charge in [0.1, 0.15) is 5.58 Å². The third kappa shape index (κ3) is 15.5. The lowest BCUT2D eigenvalue weighted by atomic mass is 9.74. The summed E-state index contributed by atoms with van der Waals surface area (Å²) in [5.41, 5.74) is 1.88. The Bertz CT molecular complexity index is 526. The number of nitrogens with zero attached hydrogens (tertiary/aromatic N) is 1. The Morgan fingerprint density at radius 1 is 0.821 bits per heavy atom. The number of aliphatic imine (C=N–C) groups is 1. The molecule has 3 heteroatoms. The summed E-state index contributed by atoms with van der Waals surface area (Å²) in [6, 6.07) is 0. The summed E-state index contributed by atoms with van der Waals surface area (Å²) in [6.45, 7) is 27.5. The molecule has 1 N–H and O–H groups in total. The van der Waals surface area contributed by atoms with Crippen LogP contribution in [0.15, 0.2) is 17.1 Å². The molecule has 1 atom stereocenters. The molecule has 0 aliphatic rings. The van der Waals surface area contributed by atoms with Crippen LogP contribution >= 0.6 is 9.24 Å². The van der Waals surface area contributed by atoms with Crippen LogP contribution in [0.2, 0.25) is 0 Å². The van der Waals surface area contributed by atoms with E-state index in [1.54, 1.807) is 0 Å². The Morgan fingerprint density at radius 3 is 1.82 bits per heavy atom. The predicted octanol–water partition coefficient (Wildman–Crippen LogP) is 7.99. The van der Waals surface area contributed by atoms with Crippen molar-refractivity contribution in [2.24, 2.45) is 21.2 Å². The average Bonchev–Trinajstić information content (AvgIpc) is 2.37. The van der Waals surface area contributed by atoms with Gasteiger partial charge in [0.25, 0.3) is 0 Å². The molecule has 166 valence electrons. The van der Waals surface area contributed by atoms with E-state index in [0.717, 1.165) is 24.8 Å². The Balaban J connectivity index is 4.81. The van der Waals surface area contributed by atoms with Gasteiger partial charge in [0.15, 0.2) is 0 Å². The molecular weight excluding hydrogens is 359 g/mol. The zero-order valence-corrected chi connectivity index (χ0v) is 22.4. The Morgan fingerprint density at radius 2 is 1.36 bits per heavy atom. The summed E-state index contributed by atoms with van der Waals surface area (Å²) < 4.78 is 0. The first-order valence-electron chi connectivity index (χ1n) is 11.0. The van der Waals surface area contributed by atoms with E-state index in [1.807, 2.05) is 0 Å². The number of hydrogen-bond donors (Lipinski definition) is 1. The number of nitrogens with one attached hydrogen (secondary N) is 1. The molecule has 0 aliphatic carbocycles. The fourth-order valence-electron chi connectivity index (χ4n) is 3.67. The standard InChI is InChI=1S/C25H51N2P/c1-21(2,3)15-13-14-16-24(9,10)26-20(28)27-25(11,12)19-23(7,8)18-17-22(4,5)6/h13,15H,14,16-19,28H2,1-12H3,(H,26,27). The molecule has 0 saturated heterocycles. The van der Waals surface area contributed by atoms with E-state index >= 15 is 0 Å². The van der Waals surface area contributed by atoms with Gasteiger partial charge in [0, 0.05) is 5.54 Å². The highest BCUT2D eigenvalue weighted by atomic mass is 31.0. The third-order valence-corrected chi connectivity index (χ3v) is 5.18. The van der Waals surface area contributed by atoms with Crippen molar-refractivity contribution in [1.29, 1.82) is 0 Å². The van der Waals surface area contributed by atoms with Crippen LogP contribution in [0, 0.1) is 16.2 Å². The van der Waals surface area contributed by atoms with Gasteiger partial charge in [-0.05, 0) is 76.0 Å². The summed E-state index contributed by atoms with van der Waals surface area (Å²) >= 11 is 0. The van der Waals surface area contributed by atoms with Crippen molar-refractivity contribution in [3.05, 3.63) is 12.2 Å². The van der Waals surface area contributed by atoms with Gasteiger partial charge in [-0.1, -0.05) is 76.8 Å². The molecule has 0 bridgehead atoms. The highest BCUT2D eigenvalue weighted by Gasteiger charge is 2.30. The smallest absolute Gasteiger partial charge is 0.114 e. The van der Waals surface area contributed by atoms with Gasteiger partial charge in [0.2, 0.25) is 0 Å². The van der Waals surface area contributed by atoms with E-state index in [9.17, 15) is 0 Å². The van der Waals surface area contributed by atoms with E-state index in [2.05, 4.69) is 110 Å². The van der Waals surface area contributed by atoms with E-state index < -0.39 is 0 Å². The molecule has 28 heavy (non-hydrogen) atoms. The van der Waals surface area contributed by atoms with Crippen molar-refractivity contribution in [1.82, 2.24) is 5.32 Å². The fourth-order valence-corrected chi connectivity index (χ4v) is 4.41. The molecule has 0 saturated carbocycles. The summed E-state index contributed by atoms with van der Waals surface area (Å²) in [5.74, 6) is 0. The minimum absolute atomic E-state index is 0.0180. The summed E-state index contributed by atoms with van der Waals surface area (Å²) in [6.07, 6.45) is 10.3. The Labute approximate surface area is 180 Å². The van der Waals surface area contributed by atoms with Crippen LogP contribution in [0.3, 0.4) is 0 Å². The molecule has 0 aliphatic heterocycles. The zero-order valence-electron chi connectivity index (χ0n) is 21.2. The van der Waals surface area contributed by atoms with Crippen LogP contribution in [-0.2, 0) is 0 Å². The molecule has 0 spiro atoms. The van der Waals surface area contributed by atoms with Crippen molar-refractivity contribution in [3.63, 3.8) is 0 Å². The normalized spacial score (nSPS) is 15.4. The second-order valence-corrected chi connectivity index (χ2v) is 13.6. The SMILES string of the molecule is CC(C)(C)C=CCCC(C)(C)N=C(P)NC(C)(C)CC(C)(C)CCC(C)(C)C. The minimum atomic E-state index is -0.0653. The number of rotatable bonds is 9. The van der Waals surface area contributed by atoms with Gasteiger partial charge in [-0.25, -0.2) is 0 Å². The van der Waals surface area contributed by atoms with E-state index in [0.29, 0.717) is 10.8 Å². The number of amidine groups is 1. The van der Waals surface area contributed by atoms with Gasteiger partial charge in [-0.3, -0.25) is 4.99 Å². The lowest BCUT2D eigenvalue weighted by Crippen LogP contribution is -2.45. The summed E-state index contributed by atoms with van der Waals surface area (Å²) in [4.78, 5) is 4.98. The van der Waals surface area contributed by atoms with Crippen LogP contribution in [0.1, 0.15) is 115 Å². The highest BCUT2D eigenvalue weighted by molar-refractivity contribution is 7.40.